The number of esters is 1. The van der Waals surface area contributed by atoms with E-state index in [1.54, 1.807) is 35.2 Å². The summed E-state index contributed by atoms with van der Waals surface area (Å²) in [5, 5.41) is 5.65. The molecule has 0 N–H and O–H groups in total. The first-order valence-electron chi connectivity index (χ1n) is 8.97. The summed E-state index contributed by atoms with van der Waals surface area (Å²) in [6.45, 7) is 2.19. The molecular formula is C21H19N3O4. The second-order valence-corrected chi connectivity index (χ2v) is 6.72. The van der Waals surface area contributed by atoms with Crippen LogP contribution in [-0.4, -0.2) is 35.3 Å². The zero-order valence-corrected chi connectivity index (χ0v) is 15.6. The number of carbonyl (C=O) groups excluding carboxylic acids is 2. The molecule has 0 radical (unpaired) electrons. The highest BCUT2D eigenvalue weighted by Gasteiger charge is 2.26. The summed E-state index contributed by atoms with van der Waals surface area (Å²) in [6.07, 6.45) is 0.644. The van der Waals surface area contributed by atoms with Crippen LogP contribution in [0.2, 0.25) is 0 Å². The third-order valence-electron chi connectivity index (χ3n) is 5.03. The number of hydrogen-bond acceptors (Lipinski definition) is 5. The molecule has 3 aromatic rings. The molecule has 7 nitrogen and oxygen atoms in total. The molecule has 0 fully saturated rings. The lowest BCUT2D eigenvalue weighted by Gasteiger charge is -2.18. The van der Waals surface area contributed by atoms with Crippen molar-refractivity contribution < 1.29 is 14.3 Å². The number of ether oxygens (including phenoxy) is 1. The number of aromatic nitrogens is 2. The van der Waals surface area contributed by atoms with Crippen LogP contribution in [0, 0.1) is 6.92 Å². The van der Waals surface area contributed by atoms with Gasteiger partial charge < -0.3 is 9.64 Å². The quantitative estimate of drug-likeness (QED) is 0.653. The van der Waals surface area contributed by atoms with Crippen LogP contribution in [0.25, 0.3) is 10.8 Å². The van der Waals surface area contributed by atoms with Crippen molar-refractivity contribution >= 4 is 28.3 Å². The van der Waals surface area contributed by atoms with Crippen molar-refractivity contribution in [2.45, 2.75) is 19.9 Å². The van der Waals surface area contributed by atoms with Gasteiger partial charge >= 0.3 is 5.97 Å². The lowest BCUT2D eigenvalue weighted by Crippen LogP contribution is -2.36. The van der Waals surface area contributed by atoms with Gasteiger partial charge in [0.05, 0.1) is 23.8 Å². The minimum atomic E-state index is -0.407. The van der Waals surface area contributed by atoms with Gasteiger partial charge in [0, 0.05) is 17.6 Å². The zero-order chi connectivity index (χ0) is 19.8. The molecule has 1 aliphatic rings. The first kappa shape index (κ1) is 17.9. The summed E-state index contributed by atoms with van der Waals surface area (Å²) in [6, 6.07) is 12.4. The number of nitrogens with zero attached hydrogens (tertiary/aromatic N) is 3. The minimum Gasteiger partial charge on any atom is -0.465 e. The Morgan fingerprint density at radius 2 is 1.89 bits per heavy atom. The number of carbonyl (C=O) groups is 2. The first-order chi connectivity index (χ1) is 13.5. The summed E-state index contributed by atoms with van der Waals surface area (Å²) in [4.78, 5) is 38.9. The lowest BCUT2D eigenvalue weighted by atomic mass is 10.1. The molecule has 0 unspecified atom stereocenters. The number of aryl methyl sites for hydroxylation is 1. The number of methoxy groups -OCH3 is 1. The maximum atomic E-state index is 12.9. The summed E-state index contributed by atoms with van der Waals surface area (Å²) in [7, 11) is 1.33. The molecule has 1 aliphatic heterocycles. The molecule has 0 bridgehead atoms. The molecule has 28 heavy (non-hydrogen) atoms. The Hall–Kier alpha value is -3.48. The van der Waals surface area contributed by atoms with Gasteiger partial charge in [-0.05, 0) is 43.2 Å². The second kappa shape index (κ2) is 6.92. The second-order valence-electron chi connectivity index (χ2n) is 6.72. The smallest absolute Gasteiger partial charge is 0.337 e. The Kier molecular flexibility index (Phi) is 4.43. The molecule has 2 aromatic carbocycles. The number of benzene rings is 2. The number of rotatable bonds is 3. The Bertz CT molecular complexity index is 1170. The molecule has 4 rings (SSSR count). The fourth-order valence-electron chi connectivity index (χ4n) is 3.63. The minimum absolute atomic E-state index is 0.136. The molecule has 7 heteroatoms. The van der Waals surface area contributed by atoms with Crippen LogP contribution in [0.4, 0.5) is 5.69 Å². The molecule has 0 saturated carbocycles. The van der Waals surface area contributed by atoms with Crippen LogP contribution in [-0.2, 0) is 22.5 Å². The summed E-state index contributed by atoms with van der Waals surface area (Å²) >= 11 is 0. The average Bonchev–Trinajstić information content (AvgIpc) is 3.14. The highest BCUT2D eigenvalue weighted by Crippen LogP contribution is 2.29. The van der Waals surface area contributed by atoms with Gasteiger partial charge in [-0.15, -0.1) is 0 Å². The Morgan fingerprint density at radius 3 is 2.64 bits per heavy atom. The molecule has 1 aromatic heterocycles. The van der Waals surface area contributed by atoms with E-state index in [0.717, 1.165) is 16.6 Å². The van der Waals surface area contributed by atoms with Crippen LogP contribution >= 0.6 is 0 Å². The van der Waals surface area contributed by atoms with Crippen molar-refractivity contribution in [1.82, 2.24) is 9.78 Å². The highest BCUT2D eigenvalue weighted by atomic mass is 16.5. The van der Waals surface area contributed by atoms with Crippen molar-refractivity contribution in [2.24, 2.45) is 0 Å². The predicted octanol–water partition coefficient (Wildman–Crippen LogP) is 2.08. The van der Waals surface area contributed by atoms with E-state index in [-0.39, 0.29) is 18.0 Å². The van der Waals surface area contributed by atoms with Gasteiger partial charge in [-0.25, -0.2) is 9.48 Å². The summed E-state index contributed by atoms with van der Waals surface area (Å²) in [5.41, 5.74) is 2.54. The maximum Gasteiger partial charge on any atom is 0.337 e. The highest BCUT2D eigenvalue weighted by molar-refractivity contribution is 5.97. The molecule has 1 amide bonds. The van der Waals surface area contributed by atoms with E-state index in [1.165, 1.54) is 11.8 Å². The monoisotopic (exact) mass is 377 g/mol. The molecule has 0 spiro atoms. The van der Waals surface area contributed by atoms with Crippen molar-refractivity contribution in [3.05, 3.63) is 69.6 Å². The van der Waals surface area contributed by atoms with Gasteiger partial charge in [0.25, 0.3) is 5.56 Å². The van der Waals surface area contributed by atoms with Gasteiger partial charge in [0.15, 0.2) is 0 Å². The Balaban J connectivity index is 1.63. The van der Waals surface area contributed by atoms with Gasteiger partial charge in [-0.3, -0.25) is 9.59 Å². The van der Waals surface area contributed by atoms with E-state index in [2.05, 4.69) is 5.10 Å². The molecule has 0 saturated heterocycles. The fraction of sp³-hybridized carbons (Fsp3) is 0.238. The van der Waals surface area contributed by atoms with Crippen LogP contribution < -0.4 is 10.5 Å². The van der Waals surface area contributed by atoms with E-state index in [9.17, 15) is 14.4 Å². The number of amides is 1. The molecule has 142 valence electrons. The molecule has 2 heterocycles. The molecular weight excluding hydrogens is 358 g/mol. The maximum absolute atomic E-state index is 12.9. The van der Waals surface area contributed by atoms with Crippen LogP contribution in [0.1, 0.15) is 21.6 Å². The van der Waals surface area contributed by atoms with Gasteiger partial charge in [-0.1, -0.05) is 18.2 Å². The van der Waals surface area contributed by atoms with Crippen molar-refractivity contribution in [3.63, 3.8) is 0 Å². The van der Waals surface area contributed by atoms with E-state index in [1.807, 2.05) is 19.1 Å². The van der Waals surface area contributed by atoms with E-state index in [4.69, 9.17) is 4.74 Å². The molecule has 0 atom stereocenters. The summed E-state index contributed by atoms with van der Waals surface area (Å²) in [5.74, 6) is -0.621. The predicted molar refractivity (Wildman–Crippen MR) is 105 cm³/mol. The van der Waals surface area contributed by atoms with Crippen LogP contribution in [0.5, 0.6) is 0 Å². The normalized spacial score (nSPS) is 12.9. The van der Waals surface area contributed by atoms with Crippen molar-refractivity contribution in [3.8, 4) is 0 Å². The number of anilines is 1. The largest absolute Gasteiger partial charge is 0.465 e. The third kappa shape index (κ3) is 2.94. The van der Waals surface area contributed by atoms with Crippen molar-refractivity contribution in [2.75, 3.05) is 18.6 Å². The Labute approximate surface area is 161 Å². The topological polar surface area (TPSA) is 81.5 Å². The average molecular weight is 377 g/mol. The third-order valence-corrected chi connectivity index (χ3v) is 5.03. The van der Waals surface area contributed by atoms with E-state index < -0.39 is 5.97 Å². The van der Waals surface area contributed by atoms with Crippen molar-refractivity contribution in [1.29, 1.82) is 0 Å². The van der Waals surface area contributed by atoms with E-state index >= 15 is 0 Å². The zero-order valence-electron chi connectivity index (χ0n) is 15.6. The Morgan fingerprint density at radius 1 is 1.14 bits per heavy atom. The number of fused-ring (bicyclic) bond motifs is 2. The standard InChI is InChI=1S/C21H19N3O4/c1-13-16-5-3-4-6-17(16)20(26)24(22-13)12-19(25)23-10-9-14-11-15(21(27)28-2)7-8-18(14)23/h3-8,11H,9-10,12H2,1-2H3. The SMILES string of the molecule is COC(=O)c1ccc2c(c1)CCN2C(=O)Cn1nc(C)c2ccccc2c1=O. The van der Waals surface area contributed by atoms with Crippen LogP contribution in [0.15, 0.2) is 47.3 Å². The summed E-state index contributed by atoms with van der Waals surface area (Å²) < 4.78 is 5.97. The fourth-order valence-corrected chi connectivity index (χ4v) is 3.63. The van der Waals surface area contributed by atoms with Gasteiger partial charge in [-0.2, -0.15) is 5.10 Å². The van der Waals surface area contributed by atoms with Gasteiger partial charge in [0.2, 0.25) is 5.91 Å². The first-order valence-corrected chi connectivity index (χ1v) is 8.97. The van der Waals surface area contributed by atoms with Crippen LogP contribution in [0.3, 0.4) is 0 Å². The van der Waals surface area contributed by atoms with E-state index in [0.29, 0.717) is 29.6 Å². The number of hydrogen-bond donors (Lipinski definition) is 0. The molecule has 0 aliphatic carbocycles. The van der Waals surface area contributed by atoms with Gasteiger partial charge in [0.1, 0.15) is 6.54 Å². The lowest BCUT2D eigenvalue weighted by molar-refractivity contribution is -0.119.